The van der Waals surface area contributed by atoms with Crippen LogP contribution < -0.4 is 10.9 Å². The molecule has 0 aliphatic rings. The van der Waals surface area contributed by atoms with Gasteiger partial charge in [0.05, 0.1) is 17.3 Å². The minimum atomic E-state index is -4.35. The molecular formula is C19H22F3N5O. The summed E-state index contributed by atoms with van der Waals surface area (Å²) >= 11 is 0. The molecule has 0 aliphatic heterocycles. The van der Waals surface area contributed by atoms with Crippen LogP contribution in [0.25, 0.3) is 11.0 Å². The molecule has 28 heavy (non-hydrogen) atoms. The fraction of sp³-hybridized carbons (Fsp3) is 0.421. The van der Waals surface area contributed by atoms with Gasteiger partial charge in [-0.15, -0.1) is 0 Å². The molecule has 0 radical (unpaired) electrons. The molecule has 2 N–H and O–H groups in total. The fourth-order valence-electron chi connectivity index (χ4n) is 2.86. The van der Waals surface area contributed by atoms with E-state index >= 15 is 0 Å². The molecule has 2 heterocycles. The summed E-state index contributed by atoms with van der Waals surface area (Å²) in [6.07, 6.45) is -2.87. The molecule has 0 bridgehead atoms. The number of rotatable bonds is 4. The summed E-state index contributed by atoms with van der Waals surface area (Å²) in [4.78, 5) is 19.4. The van der Waals surface area contributed by atoms with E-state index in [1.165, 1.54) is 18.3 Å². The molecule has 1 atom stereocenters. The Morgan fingerprint density at radius 1 is 1.18 bits per heavy atom. The van der Waals surface area contributed by atoms with E-state index in [-0.39, 0.29) is 17.0 Å². The molecule has 0 spiro atoms. The molecule has 6 nitrogen and oxygen atoms in total. The molecule has 0 saturated carbocycles. The first-order valence-electron chi connectivity index (χ1n) is 8.86. The monoisotopic (exact) mass is 393 g/mol. The lowest BCUT2D eigenvalue weighted by Gasteiger charge is -2.20. The third kappa shape index (κ3) is 4.02. The highest BCUT2D eigenvalue weighted by Crippen LogP contribution is 2.30. The van der Waals surface area contributed by atoms with E-state index in [1.54, 1.807) is 4.68 Å². The predicted octanol–water partition coefficient (Wildman–Crippen LogP) is 4.11. The molecule has 150 valence electrons. The van der Waals surface area contributed by atoms with Crippen LogP contribution in [0.5, 0.6) is 0 Å². The van der Waals surface area contributed by atoms with Crippen LogP contribution in [0.4, 0.5) is 19.1 Å². The van der Waals surface area contributed by atoms with Crippen molar-refractivity contribution in [3.05, 3.63) is 51.9 Å². The Labute approximate surface area is 159 Å². The topological polar surface area (TPSA) is 75.6 Å². The SMILES string of the molecule is CC(CNc1nc2c(cnn2C(C)(C)C)c(=O)[nH]1)c1ccc(C(F)(F)F)cc1. The molecule has 1 aromatic carbocycles. The van der Waals surface area contributed by atoms with E-state index in [0.717, 1.165) is 17.7 Å². The number of anilines is 1. The lowest BCUT2D eigenvalue weighted by atomic mass is 10.00. The molecular weight excluding hydrogens is 371 g/mol. The second-order valence-corrected chi connectivity index (χ2v) is 7.78. The van der Waals surface area contributed by atoms with Crippen molar-refractivity contribution in [1.29, 1.82) is 0 Å². The summed E-state index contributed by atoms with van der Waals surface area (Å²) < 4.78 is 39.7. The third-order valence-electron chi connectivity index (χ3n) is 4.46. The minimum absolute atomic E-state index is 0.0872. The van der Waals surface area contributed by atoms with Gasteiger partial charge in [0.25, 0.3) is 5.56 Å². The maximum Gasteiger partial charge on any atom is 0.416 e. The molecule has 0 amide bonds. The van der Waals surface area contributed by atoms with Gasteiger partial charge in [-0.2, -0.15) is 23.3 Å². The van der Waals surface area contributed by atoms with Crippen LogP contribution in [0.2, 0.25) is 0 Å². The zero-order valence-corrected chi connectivity index (χ0v) is 16.1. The first-order valence-corrected chi connectivity index (χ1v) is 8.86. The second-order valence-electron chi connectivity index (χ2n) is 7.78. The van der Waals surface area contributed by atoms with Crippen LogP contribution >= 0.6 is 0 Å². The lowest BCUT2D eigenvalue weighted by Crippen LogP contribution is -2.24. The Hall–Kier alpha value is -2.84. The summed E-state index contributed by atoms with van der Waals surface area (Å²) in [5, 5.41) is 7.71. The second kappa shape index (κ2) is 6.96. The molecule has 1 unspecified atom stereocenters. The van der Waals surface area contributed by atoms with Gasteiger partial charge in [-0.3, -0.25) is 9.78 Å². The number of H-pyrrole nitrogens is 1. The van der Waals surface area contributed by atoms with Crippen molar-refractivity contribution in [2.45, 2.75) is 45.3 Å². The molecule has 2 aromatic heterocycles. The third-order valence-corrected chi connectivity index (χ3v) is 4.46. The highest BCUT2D eigenvalue weighted by atomic mass is 19.4. The van der Waals surface area contributed by atoms with Crippen molar-refractivity contribution >= 4 is 17.0 Å². The van der Waals surface area contributed by atoms with Crippen LogP contribution in [-0.4, -0.2) is 26.3 Å². The van der Waals surface area contributed by atoms with Crippen LogP contribution in [0.3, 0.4) is 0 Å². The summed E-state index contributed by atoms with van der Waals surface area (Å²) in [6.45, 7) is 8.15. The number of alkyl halides is 3. The number of hydrogen-bond acceptors (Lipinski definition) is 4. The van der Waals surface area contributed by atoms with Crippen molar-refractivity contribution in [2.24, 2.45) is 0 Å². The van der Waals surface area contributed by atoms with E-state index in [1.807, 2.05) is 27.7 Å². The molecule has 0 aliphatic carbocycles. The molecule has 3 aromatic rings. The van der Waals surface area contributed by atoms with Crippen LogP contribution in [0.15, 0.2) is 35.3 Å². The van der Waals surface area contributed by atoms with Crippen LogP contribution in [0.1, 0.15) is 44.7 Å². The number of benzene rings is 1. The molecule has 0 fully saturated rings. The Bertz CT molecular complexity index is 1030. The zero-order chi connectivity index (χ0) is 20.7. The molecule has 9 heteroatoms. The molecule has 3 rings (SSSR count). The highest BCUT2D eigenvalue weighted by molar-refractivity contribution is 5.74. The largest absolute Gasteiger partial charge is 0.416 e. The van der Waals surface area contributed by atoms with Gasteiger partial charge in [-0.1, -0.05) is 19.1 Å². The Morgan fingerprint density at radius 3 is 2.39 bits per heavy atom. The zero-order valence-electron chi connectivity index (χ0n) is 16.1. The van der Waals surface area contributed by atoms with E-state index < -0.39 is 11.7 Å². The number of hydrogen-bond donors (Lipinski definition) is 2. The average Bonchev–Trinajstić information content (AvgIpc) is 3.04. The maximum absolute atomic E-state index is 12.7. The quantitative estimate of drug-likeness (QED) is 0.700. The standard InChI is InChI=1S/C19H22F3N5O/c1-11(12-5-7-13(8-6-12)19(20,21)22)9-23-17-25-15-14(16(28)26-17)10-24-27(15)18(2,3)4/h5-8,10-11H,9H2,1-4H3,(H2,23,25,26,28). The van der Waals surface area contributed by atoms with Crippen molar-refractivity contribution in [2.75, 3.05) is 11.9 Å². The van der Waals surface area contributed by atoms with Crippen LogP contribution in [0, 0.1) is 0 Å². The summed E-state index contributed by atoms with van der Waals surface area (Å²) in [7, 11) is 0. The van der Waals surface area contributed by atoms with Crippen molar-refractivity contribution in [3.8, 4) is 0 Å². The summed E-state index contributed by atoms with van der Waals surface area (Å²) in [5.41, 5.74) is -0.0917. The van der Waals surface area contributed by atoms with E-state index in [4.69, 9.17) is 0 Å². The van der Waals surface area contributed by atoms with Crippen molar-refractivity contribution < 1.29 is 13.2 Å². The Balaban J connectivity index is 1.79. The van der Waals surface area contributed by atoms with E-state index in [2.05, 4.69) is 20.4 Å². The normalized spacial score (nSPS) is 13.7. The highest BCUT2D eigenvalue weighted by Gasteiger charge is 2.30. The summed E-state index contributed by atoms with van der Waals surface area (Å²) in [6, 6.07) is 5.06. The van der Waals surface area contributed by atoms with Gasteiger partial charge in [0.15, 0.2) is 5.65 Å². The number of fused-ring (bicyclic) bond motifs is 1. The number of aromatic nitrogens is 4. The van der Waals surface area contributed by atoms with Gasteiger partial charge in [-0.05, 0) is 44.4 Å². The molecule has 0 saturated heterocycles. The first kappa shape index (κ1) is 19.9. The Morgan fingerprint density at radius 2 is 1.82 bits per heavy atom. The Kier molecular flexibility index (Phi) is 4.95. The smallest absolute Gasteiger partial charge is 0.355 e. The van der Waals surface area contributed by atoms with Gasteiger partial charge >= 0.3 is 6.18 Å². The van der Waals surface area contributed by atoms with E-state index in [0.29, 0.717) is 23.5 Å². The van der Waals surface area contributed by atoms with Gasteiger partial charge < -0.3 is 5.32 Å². The average molecular weight is 393 g/mol. The fourth-order valence-corrected chi connectivity index (χ4v) is 2.86. The van der Waals surface area contributed by atoms with Crippen LogP contribution in [-0.2, 0) is 11.7 Å². The number of nitrogens with one attached hydrogen (secondary N) is 2. The lowest BCUT2D eigenvalue weighted by molar-refractivity contribution is -0.137. The first-order chi connectivity index (χ1) is 13.0. The summed E-state index contributed by atoms with van der Waals surface area (Å²) in [5.74, 6) is 0.207. The number of halogens is 3. The van der Waals surface area contributed by atoms with E-state index in [9.17, 15) is 18.0 Å². The number of nitrogens with zero attached hydrogens (tertiary/aromatic N) is 3. The van der Waals surface area contributed by atoms with Crippen molar-refractivity contribution in [1.82, 2.24) is 19.7 Å². The minimum Gasteiger partial charge on any atom is -0.355 e. The van der Waals surface area contributed by atoms with Gasteiger partial charge in [0, 0.05) is 6.54 Å². The van der Waals surface area contributed by atoms with Gasteiger partial charge in [-0.25, -0.2) is 4.68 Å². The number of aromatic amines is 1. The maximum atomic E-state index is 12.7. The van der Waals surface area contributed by atoms with Gasteiger partial charge in [0.2, 0.25) is 5.95 Å². The van der Waals surface area contributed by atoms with Gasteiger partial charge in [0.1, 0.15) is 5.39 Å². The van der Waals surface area contributed by atoms with Crippen molar-refractivity contribution in [3.63, 3.8) is 0 Å². The predicted molar refractivity (Wildman–Crippen MR) is 101 cm³/mol.